The molecule has 0 aliphatic rings. The van der Waals surface area contributed by atoms with E-state index in [0.29, 0.717) is 12.5 Å². The summed E-state index contributed by atoms with van der Waals surface area (Å²) in [4.78, 5) is 4.42. The largest absolute Gasteiger partial charge is 0.396 e. The van der Waals surface area contributed by atoms with Crippen LogP contribution >= 0.6 is 24.0 Å². The molecule has 3 N–H and O–H groups in total. The molecule has 0 saturated heterocycles. The Bertz CT molecular complexity index is 198. The van der Waals surface area contributed by atoms with Crippen LogP contribution in [0.2, 0.25) is 0 Å². The number of guanidine groups is 1. The van der Waals surface area contributed by atoms with Crippen molar-refractivity contribution in [3.63, 3.8) is 0 Å². The Morgan fingerprint density at radius 1 is 1.24 bits per heavy atom. The van der Waals surface area contributed by atoms with Crippen LogP contribution < -0.4 is 10.6 Å². The Hall–Kier alpha value is -0.0400. The van der Waals surface area contributed by atoms with Crippen molar-refractivity contribution in [2.75, 3.05) is 26.2 Å². The van der Waals surface area contributed by atoms with Crippen molar-refractivity contribution in [1.82, 2.24) is 10.6 Å². The molecule has 0 radical (unpaired) electrons. The van der Waals surface area contributed by atoms with E-state index in [1.165, 1.54) is 0 Å². The van der Waals surface area contributed by atoms with E-state index in [9.17, 15) is 0 Å². The number of aliphatic imine (C=N–C) groups is 1. The number of rotatable bonds is 7. The van der Waals surface area contributed by atoms with E-state index in [4.69, 9.17) is 5.11 Å². The van der Waals surface area contributed by atoms with Gasteiger partial charge in [0.25, 0.3) is 0 Å². The van der Waals surface area contributed by atoms with Crippen LogP contribution in [-0.4, -0.2) is 37.3 Å². The maximum absolute atomic E-state index is 8.92. The number of hydrogen-bond acceptors (Lipinski definition) is 2. The Morgan fingerprint density at radius 3 is 2.35 bits per heavy atom. The first kappa shape index (κ1) is 19.3. The van der Waals surface area contributed by atoms with Crippen molar-refractivity contribution in [3.05, 3.63) is 0 Å². The van der Waals surface area contributed by atoms with Crippen LogP contribution in [-0.2, 0) is 0 Å². The highest BCUT2D eigenvalue weighted by Crippen LogP contribution is 1.96. The minimum absolute atomic E-state index is 0. The maximum Gasteiger partial charge on any atom is 0.191 e. The van der Waals surface area contributed by atoms with Crippen LogP contribution in [0.15, 0.2) is 4.99 Å². The van der Waals surface area contributed by atoms with E-state index in [1.54, 1.807) is 0 Å². The molecule has 0 rings (SSSR count). The van der Waals surface area contributed by atoms with Crippen LogP contribution in [0.5, 0.6) is 0 Å². The standard InChI is InChI=1S/C12H27N3O.HI/c1-5-13-12(14-7-6-10(2)3)15-8-11(4)9-16;/h10-11,16H,5-9H2,1-4H3,(H2,13,14,15);1H. The van der Waals surface area contributed by atoms with Gasteiger partial charge in [0.2, 0.25) is 0 Å². The second-order valence-corrected chi connectivity index (χ2v) is 4.62. The van der Waals surface area contributed by atoms with Gasteiger partial charge >= 0.3 is 0 Å². The molecule has 0 aliphatic heterocycles. The van der Waals surface area contributed by atoms with E-state index in [1.807, 2.05) is 6.92 Å². The summed E-state index contributed by atoms with van der Waals surface area (Å²) < 4.78 is 0. The molecule has 5 heteroatoms. The molecule has 0 bridgehead atoms. The third kappa shape index (κ3) is 12.2. The van der Waals surface area contributed by atoms with Crippen LogP contribution in [0.1, 0.15) is 34.1 Å². The van der Waals surface area contributed by atoms with Gasteiger partial charge in [-0.2, -0.15) is 0 Å². The zero-order valence-electron chi connectivity index (χ0n) is 11.5. The van der Waals surface area contributed by atoms with E-state index in [0.717, 1.165) is 25.5 Å². The summed E-state index contributed by atoms with van der Waals surface area (Å²) >= 11 is 0. The highest BCUT2D eigenvalue weighted by atomic mass is 127. The monoisotopic (exact) mass is 357 g/mol. The molecule has 0 aromatic carbocycles. The van der Waals surface area contributed by atoms with Crippen LogP contribution in [0.3, 0.4) is 0 Å². The average Bonchev–Trinajstić information content (AvgIpc) is 2.24. The highest BCUT2D eigenvalue weighted by molar-refractivity contribution is 14.0. The topological polar surface area (TPSA) is 56.7 Å². The van der Waals surface area contributed by atoms with Gasteiger partial charge < -0.3 is 15.7 Å². The molecule has 17 heavy (non-hydrogen) atoms. The van der Waals surface area contributed by atoms with Crippen molar-refractivity contribution >= 4 is 29.9 Å². The fraction of sp³-hybridized carbons (Fsp3) is 0.917. The van der Waals surface area contributed by atoms with Crippen LogP contribution in [0.4, 0.5) is 0 Å². The third-order valence-corrected chi connectivity index (χ3v) is 2.23. The second kappa shape index (κ2) is 12.4. The summed E-state index contributed by atoms with van der Waals surface area (Å²) in [6.07, 6.45) is 1.14. The first-order valence-electron chi connectivity index (χ1n) is 6.23. The number of hydrogen-bond donors (Lipinski definition) is 3. The summed E-state index contributed by atoms with van der Waals surface area (Å²) in [5, 5.41) is 15.4. The lowest BCUT2D eigenvalue weighted by atomic mass is 10.1. The second-order valence-electron chi connectivity index (χ2n) is 4.62. The van der Waals surface area contributed by atoms with Gasteiger partial charge in [-0.05, 0) is 25.2 Å². The Labute approximate surface area is 123 Å². The first-order chi connectivity index (χ1) is 7.60. The summed E-state index contributed by atoms with van der Waals surface area (Å²) in [5.41, 5.74) is 0. The summed E-state index contributed by atoms with van der Waals surface area (Å²) in [6, 6.07) is 0. The number of aliphatic hydroxyl groups is 1. The summed E-state index contributed by atoms with van der Waals surface area (Å²) in [5.74, 6) is 1.77. The normalized spacial score (nSPS) is 13.2. The molecule has 104 valence electrons. The molecule has 0 aliphatic carbocycles. The van der Waals surface area contributed by atoms with E-state index in [2.05, 4.69) is 36.4 Å². The Balaban J connectivity index is 0. The van der Waals surface area contributed by atoms with Crippen molar-refractivity contribution in [2.45, 2.75) is 34.1 Å². The molecule has 0 saturated carbocycles. The Morgan fingerprint density at radius 2 is 1.88 bits per heavy atom. The first-order valence-corrected chi connectivity index (χ1v) is 6.23. The van der Waals surface area contributed by atoms with Gasteiger partial charge in [-0.15, -0.1) is 24.0 Å². The SMILES string of the molecule is CCNC(=NCC(C)CO)NCCC(C)C.I. The highest BCUT2D eigenvalue weighted by Gasteiger charge is 2.01. The predicted octanol–water partition coefficient (Wildman–Crippen LogP) is 1.83. The molecule has 1 unspecified atom stereocenters. The lowest BCUT2D eigenvalue weighted by Crippen LogP contribution is -2.38. The zero-order chi connectivity index (χ0) is 12.4. The van der Waals surface area contributed by atoms with Crippen molar-refractivity contribution in [3.8, 4) is 0 Å². The molecule has 0 spiro atoms. The third-order valence-electron chi connectivity index (χ3n) is 2.23. The van der Waals surface area contributed by atoms with Gasteiger partial charge in [-0.3, -0.25) is 4.99 Å². The van der Waals surface area contributed by atoms with Gasteiger partial charge in [-0.1, -0.05) is 20.8 Å². The van der Waals surface area contributed by atoms with Gasteiger partial charge in [0.1, 0.15) is 0 Å². The fourth-order valence-corrected chi connectivity index (χ4v) is 1.13. The molecule has 0 aromatic rings. The lowest BCUT2D eigenvalue weighted by molar-refractivity contribution is 0.241. The molecule has 0 fully saturated rings. The van der Waals surface area contributed by atoms with Gasteiger partial charge in [0.05, 0.1) is 0 Å². The van der Waals surface area contributed by atoms with Crippen molar-refractivity contribution in [2.24, 2.45) is 16.8 Å². The molecule has 0 amide bonds. The smallest absolute Gasteiger partial charge is 0.191 e. The van der Waals surface area contributed by atoms with Gasteiger partial charge in [0.15, 0.2) is 5.96 Å². The number of nitrogens with zero attached hydrogens (tertiary/aromatic N) is 1. The quantitative estimate of drug-likeness (QED) is 0.370. The van der Waals surface area contributed by atoms with Crippen molar-refractivity contribution < 1.29 is 5.11 Å². The maximum atomic E-state index is 8.92. The zero-order valence-corrected chi connectivity index (χ0v) is 13.8. The van der Waals surface area contributed by atoms with Gasteiger partial charge in [-0.25, -0.2) is 0 Å². The molecular formula is C12H28IN3O. The van der Waals surface area contributed by atoms with E-state index in [-0.39, 0.29) is 36.5 Å². The number of nitrogens with one attached hydrogen (secondary N) is 2. The average molecular weight is 357 g/mol. The van der Waals surface area contributed by atoms with Gasteiger partial charge in [0, 0.05) is 26.2 Å². The molecular weight excluding hydrogens is 329 g/mol. The molecule has 1 atom stereocenters. The van der Waals surface area contributed by atoms with Crippen LogP contribution in [0.25, 0.3) is 0 Å². The minimum Gasteiger partial charge on any atom is -0.396 e. The van der Waals surface area contributed by atoms with Crippen LogP contribution in [0, 0.1) is 11.8 Å². The summed E-state index contributed by atoms with van der Waals surface area (Å²) in [7, 11) is 0. The van der Waals surface area contributed by atoms with E-state index < -0.39 is 0 Å². The fourth-order valence-electron chi connectivity index (χ4n) is 1.13. The molecule has 0 heterocycles. The summed E-state index contributed by atoms with van der Waals surface area (Å²) in [6.45, 7) is 11.1. The minimum atomic E-state index is 0. The van der Waals surface area contributed by atoms with E-state index >= 15 is 0 Å². The number of halogens is 1. The molecule has 0 aromatic heterocycles. The number of aliphatic hydroxyl groups excluding tert-OH is 1. The Kier molecular flexibility index (Phi) is 14.1. The molecule has 4 nitrogen and oxygen atoms in total. The van der Waals surface area contributed by atoms with Crippen molar-refractivity contribution in [1.29, 1.82) is 0 Å². The lowest BCUT2D eigenvalue weighted by Gasteiger charge is -2.13. The predicted molar refractivity (Wildman–Crippen MR) is 85.1 cm³/mol.